The van der Waals surface area contributed by atoms with Gasteiger partial charge in [-0.1, -0.05) is 188 Å². The molecule has 1 rings (SSSR count). The number of aryl methyl sites for hydroxylation is 3. The van der Waals surface area contributed by atoms with Crippen LogP contribution in [0.5, 0.6) is 0 Å². The van der Waals surface area contributed by atoms with Gasteiger partial charge >= 0.3 is 0 Å². The van der Waals surface area contributed by atoms with Crippen LogP contribution in [0.25, 0.3) is 0 Å². The highest BCUT2D eigenvalue weighted by Crippen LogP contribution is 2.16. The second-order valence-electron chi connectivity index (χ2n) is 13.8. The van der Waals surface area contributed by atoms with E-state index in [-0.39, 0.29) is 0 Å². The van der Waals surface area contributed by atoms with Crippen molar-refractivity contribution in [2.45, 2.75) is 233 Å². The zero-order chi connectivity index (χ0) is 30.2. The zero-order valence-electron chi connectivity index (χ0n) is 29.5. The minimum atomic E-state index is 1.22. The molecule has 0 spiro atoms. The van der Waals surface area contributed by atoms with Crippen molar-refractivity contribution >= 4 is 0 Å². The number of nitrogens with zero attached hydrogens (tertiary/aromatic N) is 1. The summed E-state index contributed by atoms with van der Waals surface area (Å²) in [7, 11) is 0. The molecule has 0 aromatic carbocycles. The number of rotatable bonds is 33. The van der Waals surface area contributed by atoms with Crippen molar-refractivity contribution in [3.8, 4) is 0 Å². The molecule has 1 heterocycles. The summed E-state index contributed by atoms with van der Waals surface area (Å²) in [6.07, 6.45) is 50.4. The second-order valence-corrected chi connectivity index (χ2v) is 13.8. The molecule has 0 unspecified atom stereocenters. The smallest absolute Gasteiger partial charge is 0.171 e. The van der Waals surface area contributed by atoms with Crippen molar-refractivity contribution < 1.29 is 4.57 Å². The molecular formula is C41H78N+. The van der Waals surface area contributed by atoms with Gasteiger partial charge in [0.25, 0.3) is 0 Å². The fourth-order valence-electron chi connectivity index (χ4n) is 6.59. The summed E-state index contributed by atoms with van der Waals surface area (Å²) in [5.41, 5.74) is 3.20. The van der Waals surface area contributed by atoms with Crippen molar-refractivity contribution in [1.29, 1.82) is 0 Å². The number of aromatic nitrogens is 1. The van der Waals surface area contributed by atoms with E-state index in [1.54, 1.807) is 11.1 Å². The molecule has 1 heteroatoms. The van der Waals surface area contributed by atoms with Crippen LogP contribution in [0.2, 0.25) is 0 Å². The average Bonchev–Trinajstić information content (AvgIpc) is 3.00. The van der Waals surface area contributed by atoms with Gasteiger partial charge in [0.15, 0.2) is 12.4 Å². The highest BCUT2D eigenvalue weighted by atomic mass is 14.9. The summed E-state index contributed by atoms with van der Waals surface area (Å²) in [6, 6.07) is 2.55. The van der Waals surface area contributed by atoms with Gasteiger partial charge in [-0.15, -0.1) is 0 Å². The fourth-order valence-corrected chi connectivity index (χ4v) is 6.59. The Balaban J connectivity index is 2.24. The fraction of sp³-hybridized carbons (Fsp3) is 0.878. The lowest BCUT2D eigenvalue weighted by Gasteiger charge is -2.07. The maximum absolute atomic E-state index is 2.57. The van der Waals surface area contributed by atoms with Crippen LogP contribution >= 0.6 is 0 Å². The zero-order valence-corrected chi connectivity index (χ0v) is 29.5. The van der Waals surface area contributed by atoms with Crippen molar-refractivity contribution in [3.05, 3.63) is 29.6 Å². The Morgan fingerprint density at radius 2 is 0.595 bits per heavy atom. The topological polar surface area (TPSA) is 3.88 Å². The lowest BCUT2D eigenvalue weighted by Crippen LogP contribution is -2.34. The summed E-state index contributed by atoms with van der Waals surface area (Å²) >= 11 is 0. The van der Waals surface area contributed by atoms with E-state index in [1.165, 1.54) is 212 Å². The van der Waals surface area contributed by atoms with E-state index < -0.39 is 0 Å². The largest absolute Gasteiger partial charge is 0.205 e. The maximum atomic E-state index is 2.57. The van der Waals surface area contributed by atoms with Gasteiger partial charge in [0.05, 0.1) is 0 Å². The molecule has 42 heavy (non-hydrogen) atoms. The van der Waals surface area contributed by atoms with Gasteiger partial charge in [-0.25, -0.2) is 4.57 Å². The summed E-state index contributed by atoms with van der Waals surface area (Å²) in [6.45, 7) is 8.15. The van der Waals surface area contributed by atoms with Gasteiger partial charge in [-0.05, 0) is 38.2 Å². The molecule has 0 saturated heterocycles. The SMILES string of the molecule is CCCCCCCCCCCCCCCCCC[n+]1cc(CCCCCCCCC)cc(CCCCCCCCC)c1. The van der Waals surface area contributed by atoms with Gasteiger partial charge in [0.2, 0.25) is 0 Å². The van der Waals surface area contributed by atoms with Crippen LogP contribution in [0.3, 0.4) is 0 Å². The summed E-state index contributed by atoms with van der Waals surface area (Å²) in [5.74, 6) is 0. The molecule has 1 nitrogen and oxygen atoms in total. The van der Waals surface area contributed by atoms with Crippen LogP contribution in [0.15, 0.2) is 18.5 Å². The van der Waals surface area contributed by atoms with E-state index >= 15 is 0 Å². The quantitative estimate of drug-likeness (QED) is 0.0571. The molecule has 0 amide bonds. The van der Waals surface area contributed by atoms with Gasteiger partial charge < -0.3 is 0 Å². The molecule has 0 radical (unpaired) electrons. The van der Waals surface area contributed by atoms with Gasteiger partial charge in [0.1, 0.15) is 6.54 Å². The maximum Gasteiger partial charge on any atom is 0.171 e. The first-order chi connectivity index (χ1) is 20.8. The van der Waals surface area contributed by atoms with Crippen molar-refractivity contribution in [2.75, 3.05) is 0 Å². The Labute approximate surface area is 266 Å². The van der Waals surface area contributed by atoms with E-state index in [4.69, 9.17) is 0 Å². The third kappa shape index (κ3) is 25.6. The minimum Gasteiger partial charge on any atom is -0.205 e. The Hall–Kier alpha value is -0.850. The molecular weight excluding hydrogens is 506 g/mol. The number of unbranched alkanes of at least 4 members (excludes halogenated alkanes) is 27. The van der Waals surface area contributed by atoms with E-state index in [2.05, 4.69) is 43.8 Å². The predicted octanol–water partition coefficient (Wildman–Crippen LogP) is 13.8. The molecule has 0 aliphatic rings. The van der Waals surface area contributed by atoms with E-state index in [1.807, 2.05) is 0 Å². The predicted molar refractivity (Wildman–Crippen MR) is 190 cm³/mol. The van der Waals surface area contributed by atoms with E-state index in [0.717, 1.165) is 0 Å². The lowest BCUT2D eigenvalue weighted by atomic mass is 10.0. The molecule has 1 aromatic rings. The normalized spacial score (nSPS) is 11.5. The van der Waals surface area contributed by atoms with Crippen molar-refractivity contribution in [3.63, 3.8) is 0 Å². The van der Waals surface area contributed by atoms with Crippen LogP contribution in [-0.2, 0) is 19.4 Å². The molecule has 0 bridgehead atoms. The van der Waals surface area contributed by atoms with E-state index in [0.29, 0.717) is 0 Å². The Bertz CT molecular complexity index is 629. The third-order valence-electron chi connectivity index (χ3n) is 9.44. The Kier molecular flexibility index (Phi) is 29.4. The molecule has 1 aromatic heterocycles. The molecule has 246 valence electrons. The van der Waals surface area contributed by atoms with Crippen LogP contribution in [0.4, 0.5) is 0 Å². The highest BCUT2D eigenvalue weighted by Gasteiger charge is 2.09. The molecule has 0 N–H and O–H groups in total. The molecule has 0 aliphatic heterocycles. The van der Waals surface area contributed by atoms with Gasteiger partial charge in [-0.2, -0.15) is 0 Å². The first-order valence-electron chi connectivity index (χ1n) is 19.8. The minimum absolute atomic E-state index is 1.22. The van der Waals surface area contributed by atoms with Gasteiger partial charge in [-0.3, -0.25) is 0 Å². The molecule has 0 aliphatic carbocycles. The molecule has 0 atom stereocenters. The highest BCUT2D eigenvalue weighted by molar-refractivity contribution is 5.15. The Morgan fingerprint density at radius 3 is 0.905 bits per heavy atom. The summed E-state index contributed by atoms with van der Waals surface area (Å²) in [4.78, 5) is 0. The van der Waals surface area contributed by atoms with E-state index in [9.17, 15) is 0 Å². The number of hydrogen-bond donors (Lipinski definition) is 0. The molecule has 0 saturated carbocycles. The monoisotopic (exact) mass is 585 g/mol. The third-order valence-corrected chi connectivity index (χ3v) is 9.44. The standard InChI is InChI=1S/C41H78N/c1-4-7-10-13-16-17-18-19-20-21-22-23-24-27-30-33-36-42-38-40(34-31-28-25-14-11-8-5-2)37-41(39-42)35-32-29-26-15-12-9-6-3/h37-39H,4-36H2,1-3H3/q+1. The number of pyridine rings is 1. The summed E-state index contributed by atoms with van der Waals surface area (Å²) < 4.78 is 2.57. The van der Waals surface area contributed by atoms with Crippen LogP contribution in [0.1, 0.15) is 225 Å². The van der Waals surface area contributed by atoms with Crippen LogP contribution < -0.4 is 4.57 Å². The van der Waals surface area contributed by atoms with Crippen LogP contribution in [0, 0.1) is 0 Å². The second kappa shape index (κ2) is 31.6. The first-order valence-corrected chi connectivity index (χ1v) is 19.8. The van der Waals surface area contributed by atoms with Crippen molar-refractivity contribution in [1.82, 2.24) is 0 Å². The first kappa shape index (κ1) is 39.2. The number of hydrogen-bond acceptors (Lipinski definition) is 0. The molecule has 0 fully saturated rings. The lowest BCUT2D eigenvalue weighted by molar-refractivity contribution is -0.698. The van der Waals surface area contributed by atoms with Gasteiger partial charge in [0, 0.05) is 17.5 Å². The van der Waals surface area contributed by atoms with Crippen molar-refractivity contribution in [2.24, 2.45) is 0 Å². The average molecular weight is 585 g/mol. The Morgan fingerprint density at radius 1 is 0.333 bits per heavy atom. The summed E-state index contributed by atoms with van der Waals surface area (Å²) in [5, 5.41) is 0. The van der Waals surface area contributed by atoms with Crippen LogP contribution in [-0.4, -0.2) is 0 Å².